The number of halogens is 3. The number of rotatable bonds is 16. The Balaban J connectivity index is 2.46. The van der Waals surface area contributed by atoms with Crippen molar-refractivity contribution in [1.29, 1.82) is 0 Å². The van der Waals surface area contributed by atoms with Crippen molar-refractivity contribution in [2.24, 2.45) is 11.8 Å². The number of methoxy groups -OCH3 is 2. The lowest BCUT2D eigenvalue weighted by molar-refractivity contribution is -0.261. The summed E-state index contributed by atoms with van der Waals surface area (Å²) in [5, 5.41) is 23.4. The number of amides is 3. The quantitative estimate of drug-likeness (QED) is 0.212. The van der Waals surface area contributed by atoms with E-state index in [1.807, 2.05) is 13.8 Å². The summed E-state index contributed by atoms with van der Waals surface area (Å²) in [7, 11) is 2.25. The summed E-state index contributed by atoms with van der Waals surface area (Å²) in [6.07, 6.45) is -5.67. The van der Waals surface area contributed by atoms with Gasteiger partial charge in [-0.25, -0.2) is 9.59 Å². The maximum atomic E-state index is 14.4. The molecule has 0 bridgehead atoms. The first-order valence-corrected chi connectivity index (χ1v) is 16.9. The summed E-state index contributed by atoms with van der Waals surface area (Å²) in [6, 6.07) is 5.21. The van der Waals surface area contributed by atoms with E-state index in [0.717, 1.165) is 13.3 Å². The minimum atomic E-state index is -5.35. The molecule has 52 heavy (non-hydrogen) atoms. The highest BCUT2D eigenvalue weighted by molar-refractivity contribution is 5.94. The first-order chi connectivity index (χ1) is 23.9. The first-order valence-electron chi connectivity index (χ1n) is 16.9. The maximum Gasteiger partial charge on any atom is 0.428 e. The topological polar surface area (TPSA) is 174 Å². The molecule has 14 nitrogen and oxygen atoms in total. The minimum Gasteiger partial charge on any atom is -0.497 e. The summed E-state index contributed by atoms with van der Waals surface area (Å²) >= 11 is 0. The van der Waals surface area contributed by atoms with Crippen LogP contribution in [0.25, 0.3) is 0 Å². The lowest BCUT2D eigenvalue weighted by Crippen LogP contribution is -2.63. The average molecular weight is 743 g/mol. The number of alkyl halides is 3. The van der Waals surface area contributed by atoms with Gasteiger partial charge in [0, 0.05) is 19.2 Å². The third-order valence-electron chi connectivity index (χ3n) is 8.65. The number of hydrogen-bond donors (Lipinski definition) is 3. The summed E-state index contributed by atoms with van der Waals surface area (Å²) < 4.78 is 57.0. The van der Waals surface area contributed by atoms with Gasteiger partial charge in [0.15, 0.2) is 0 Å². The smallest absolute Gasteiger partial charge is 0.428 e. The molecule has 3 N–H and O–H groups in total. The Hall–Kier alpha value is -4.41. The van der Waals surface area contributed by atoms with Gasteiger partial charge in [-0.2, -0.15) is 13.2 Å². The number of alkyl carbamates (subject to hydrolysis) is 1. The molecule has 2 rings (SSSR count). The number of carbonyl (C=O) groups excluding carboxylic acids is 4. The monoisotopic (exact) mass is 742 g/mol. The molecule has 3 amide bonds. The van der Waals surface area contributed by atoms with Crippen LogP contribution in [0.3, 0.4) is 0 Å². The van der Waals surface area contributed by atoms with Crippen LogP contribution in [-0.4, -0.2) is 98.1 Å². The third-order valence-corrected chi connectivity index (χ3v) is 8.65. The Kier molecular flexibility index (Phi) is 14.6. The van der Waals surface area contributed by atoms with Gasteiger partial charge in [-0.05, 0) is 64.2 Å². The maximum absolute atomic E-state index is 14.4. The lowest BCUT2D eigenvalue weighted by Gasteiger charge is -2.41. The highest BCUT2D eigenvalue weighted by Gasteiger charge is 2.61. The molecule has 0 spiro atoms. The summed E-state index contributed by atoms with van der Waals surface area (Å²) in [5.41, 5.74) is -5.86. The van der Waals surface area contributed by atoms with Crippen molar-refractivity contribution >= 4 is 23.9 Å². The van der Waals surface area contributed by atoms with E-state index in [9.17, 15) is 37.5 Å². The van der Waals surface area contributed by atoms with Gasteiger partial charge in [-0.3, -0.25) is 14.3 Å². The molecule has 17 heteroatoms. The van der Waals surface area contributed by atoms with Crippen LogP contribution in [0.1, 0.15) is 80.0 Å². The van der Waals surface area contributed by atoms with Gasteiger partial charge in [-0.1, -0.05) is 51.5 Å². The molecule has 0 aliphatic rings. The summed E-state index contributed by atoms with van der Waals surface area (Å²) in [6.45, 7) is 15.4. The Morgan fingerprint density at radius 1 is 0.981 bits per heavy atom. The van der Waals surface area contributed by atoms with Crippen molar-refractivity contribution in [3.63, 3.8) is 0 Å². The summed E-state index contributed by atoms with van der Waals surface area (Å²) in [4.78, 5) is 54.7. The van der Waals surface area contributed by atoms with Crippen LogP contribution in [0.2, 0.25) is 0 Å². The van der Waals surface area contributed by atoms with E-state index in [0.29, 0.717) is 17.7 Å². The second-order valence-electron chi connectivity index (χ2n) is 14.6. The fourth-order valence-electron chi connectivity index (χ4n) is 5.13. The minimum absolute atomic E-state index is 0.0226. The van der Waals surface area contributed by atoms with Crippen LogP contribution in [0.5, 0.6) is 5.75 Å². The number of esters is 1. The van der Waals surface area contributed by atoms with Crippen LogP contribution < -0.4 is 15.4 Å². The standard InChI is InChI=1S/C35H53F3N6O8/c1-12-22(4)26(20-43-19-24(41-42-43)17-34(49,30(47)51-11)35(36,37)38)39-29(46)33(8,9)44(18-23-13-15-25(50-10)16-14-23)28(45)27(21(2)3)40-31(48)52-32(5,6)7/h13-16,19,21-22,26-27,49H,12,17-18,20H2,1-11H3,(H,39,46)(H,40,48)/t22-,26+,27-,34?/m0/s1. The normalized spacial score (nSPS) is 15.2. The van der Waals surface area contributed by atoms with Gasteiger partial charge in [-0.15, -0.1) is 5.10 Å². The van der Waals surface area contributed by atoms with Crippen LogP contribution in [-0.2, 0) is 43.4 Å². The number of aromatic nitrogens is 3. The Labute approximate surface area is 302 Å². The number of benzene rings is 1. The molecule has 0 aliphatic carbocycles. The predicted molar refractivity (Wildman–Crippen MR) is 184 cm³/mol. The number of ether oxygens (including phenoxy) is 3. The van der Waals surface area contributed by atoms with E-state index in [-0.39, 0.29) is 24.7 Å². The van der Waals surface area contributed by atoms with E-state index in [1.54, 1.807) is 72.7 Å². The molecular weight excluding hydrogens is 689 g/mol. The van der Waals surface area contributed by atoms with Gasteiger partial charge in [0.2, 0.25) is 11.8 Å². The highest BCUT2D eigenvalue weighted by atomic mass is 19.4. The molecule has 1 heterocycles. The average Bonchev–Trinajstić information content (AvgIpc) is 3.49. The molecule has 0 radical (unpaired) electrons. The Bertz CT molecular complexity index is 1520. The Morgan fingerprint density at radius 3 is 2.06 bits per heavy atom. The number of hydrogen-bond acceptors (Lipinski definition) is 10. The molecule has 2 aromatic rings. The zero-order valence-electron chi connectivity index (χ0n) is 31.8. The molecule has 292 valence electrons. The lowest BCUT2D eigenvalue weighted by atomic mass is 9.93. The second kappa shape index (κ2) is 17.4. The van der Waals surface area contributed by atoms with Crippen molar-refractivity contribution in [1.82, 2.24) is 30.5 Å². The van der Waals surface area contributed by atoms with Crippen molar-refractivity contribution in [2.75, 3.05) is 14.2 Å². The van der Waals surface area contributed by atoms with Crippen molar-refractivity contribution in [3.05, 3.63) is 41.7 Å². The predicted octanol–water partition coefficient (Wildman–Crippen LogP) is 4.18. The number of nitrogens with zero attached hydrogens (tertiary/aromatic N) is 4. The molecule has 0 fully saturated rings. The van der Waals surface area contributed by atoms with Crippen LogP contribution >= 0.6 is 0 Å². The van der Waals surface area contributed by atoms with Gasteiger partial charge >= 0.3 is 18.2 Å². The fraction of sp³-hybridized carbons (Fsp3) is 0.657. The van der Waals surface area contributed by atoms with E-state index in [2.05, 4.69) is 25.7 Å². The molecule has 0 saturated carbocycles. The van der Waals surface area contributed by atoms with Crippen LogP contribution in [0.15, 0.2) is 30.5 Å². The largest absolute Gasteiger partial charge is 0.497 e. The number of aliphatic hydroxyl groups is 1. The van der Waals surface area contributed by atoms with Gasteiger partial charge < -0.3 is 34.9 Å². The van der Waals surface area contributed by atoms with E-state index < -0.39 is 71.2 Å². The molecule has 0 aliphatic heterocycles. The molecular formula is C35H53F3N6O8. The molecule has 1 unspecified atom stereocenters. The van der Waals surface area contributed by atoms with Crippen molar-refractivity contribution < 1.29 is 51.7 Å². The number of carbonyl (C=O) groups is 4. The van der Waals surface area contributed by atoms with Crippen molar-refractivity contribution in [3.8, 4) is 5.75 Å². The fourth-order valence-corrected chi connectivity index (χ4v) is 5.13. The summed E-state index contributed by atoms with van der Waals surface area (Å²) in [5.74, 6) is -3.00. The first kappa shape index (κ1) is 43.8. The molecule has 1 aromatic heterocycles. The van der Waals surface area contributed by atoms with Crippen LogP contribution in [0.4, 0.5) is 18.0 Å². The van der Waals surface area contributed by atoms with E-state index in [1.165, 1.54) is 16.7 Å². The molecule has 1 aromatic carbocycles. The Morgan fingerprint density at radius 2 is 1.58 bits per heavy atom. The SMILES string of the molecule is CC[C@H](C)[C@@H](Cn1cc(CC(O)(C(=O)OC)C(F)(F)F)nn1)NC(=O)C(C)(C)N(Cc1ccc(OC)cc1)C(=O)[C@@H](NC(=O)OC(C)(C)C)C(C)C. The highest BCUT2D eigenvalue weighted by Crippen LogP contribution is 2.34. The van der Waals surface area contributed by atoms with Gasteiger partial charge in [0.1, 0.15) is 22.9 Å². The second-order valence-corrected chi connectivity index (χ2v) is 14.6. The molecule has 4 atom stereocenters. The van der Waals surface area contributed by atoms with E-state index in [4.69, 9.17) is 9.47 Å². The zero-order chi connectivity index (χ0) is 39.8. The van der Waals surface area contributed by atoms with Gasteiger partial charge in [0.25, 0.3) is 5.60 Å². The molecule has 0 saturated heterocycles. The third kappa shape index (κ3) is 11.3. The van der Waals surface area contributed by atoms with Gasteiger partial charge in [0.05, 0.1) is 32.5 Å². The van der Waals surface area contributed by atoms with E-state index >= 15 is 0 Å². The van der Waals surface area contributed by atoms with Crippen LogP contribution in [0, 0.1) is 11.8 Å². The van der Waals surface area contributed by atoms with Crippen molar-refractivity contribution in [2.45, 2.75) is 123 Å². The number of nitrogens with one attached hydrogen (secondary N) is 2. The zero-order valence-corrected chi connectivity index (χ0v) is 31.8.